The average molecular weight is 431 g/mol. The second-order valence-electron chi connectivity index (χ2n) is 8.76. The normalized spacial score (nSPS) is 12.3. The number of aliphatic imine (C=N–C) groups is 1. The number of aromatic nitrogens is 2. The van der Waals surface area contributed by atoms with Gasteiger partial charge in [0.05, 0.1) is 13.7 Å². The topological polar surface area (TPSA) is 95.2 Å². The van der Waals surface area contributed by atoms with Crippen LogP contribution in [-0.2, 0) is 16.0 Å². The number of methoxy groups -OCH3 is 1. The molecule has 9 heteroatoms. The molecule has 31 heavy (non-hydrogen) atoms. The van der Waals surface area contributed by atoms with Crippen molar-refractivity contribution in [3.05, 3.63) is 48.3 Å². The van der Waals surface area contributed by atoms with E-state index < -0.39 is 23.4 Å². The van der Waals surface area contributed by atoms with Crippen LogP contribution in [0.25, 0.3) is 0 Å². The molecule has 0 spiro atoms. The maximum absolute atomic E-state index is 13.1. The van der Waals surface area contributed by atoms with Crippen molar-refractivity contribution in [2.45, 2.75) is 59.3 Å². The zero-order chi connectivity index (χ0) is 23.2. The molecule has 0 radical (unpaired) electrons. The molecule has 168 valence electrons. The maximum Gasteiger partial charge on any atom is 0.437 e. The van der Waals surface area contributed by atoms with Crippen LogP contribution in [0.15, 0.2) is 47.7 Å². The van der Waals surface area contributed by atoms with E-state index in [2.05, 4.69) is 10.1 Å². The van der Waals surface area contributed by atoms with Crippen molar-refractivity contribution in [3.8, 4) is 5.75 Å². The van der Waals surface area contributed by atoms with Crippen LogP contribution < -0.4 is 4.74 Å². The number of hydrogen-bond donors (Lipinski definition) is 0. The van der Waals surface area contributed by atoms with Gasteiger partial charge >= 0.3 is 12.2 Å². The molecule has 0 unspecified atom stereocenters. The van der Waals surface area contributed by atoms with E-state index in [-0.39, 0.29) is 12.5 Å². The lowest BCUT2D eigenvalue weighted by molar-refractivity contribution is 0.0351. The summed E-state index contributed by atoms with van der Waals surface area (Å²) >= 11 is 0. The van der Waals surface area contributed by atoms with Crippen LogP contribution >= 0.6 is 0 Å². The van der Waals surface area contributed by atoms with Crippen molar-refractivity contribution in [1.29, 1.82) is 0 Å². The minimum atomic E-state index is -0.846. The Morgan fingerprint density at radius 3 is 2.13 bits per heavy atom. The van der Waals surface area contributed by atoms with Crippen LogP contribution in [0.2, 0.25) is 0 Å². The van der Waals surface area contributed by atoms with Gasteiger partial charge in [-0.05, 0) is 65.3 Å². The van der Waals surface area contributed by atoms with Gasteiger partial charge in [-0.15, -0.1) is 4.99 Å². The second-order valence-corrected chi connectivity index (χ2v) is 8.76. The first kappa shape index (κ1) is 23.9. The van der Waals surface area contributed by atoms with Crippen molar-refractivity contribution < 1.29 is 23.8 Å². The quantitative estimate of drug-likeness (QED) is 0.527. The summed E-state index contributed by atoms with van der Waals surface area (Å²) in [6.07, 6.45) is 1.57. The highest BCUT2D eigenvalue weighted by Gasteiger charge is 2.29. The summed E-state index contributed by atoms with van der Waals surface area (Å²) in [6, 6.07) is 8.84. The number of rotatable bonds is 3. The number of carbonyl (C=O) groups is 2. The fourth-order valence-electron chi connectivity index (χ4n) is 2.44. The Kier molecular flexibility index (Phi) is 7.43. The van der Waals surface area contributed by atoms with Gasteiger partial charge in [-0.25, -0.2) is 19.2 Å². The van der Waals surface area contributed by atoms with E-state index in [0.29, 0.717) is 5.75 Å². The summed E-state index contributed by atoms with van der Waals surface area (Å²) in [5.74, 6) is 0.645. The van der Waals surface area contributed by atoms with E-state index in [4.69, 9.17) is 14.2 Å². The number of ether oxygens (including phenoxy) is 3. The Bertz CT molecular complexity index is 907. The first-order valence-electron chi connectivity index (χ1n) is 9.83. The van der Waals surface area contributed by atoms with Crippen LogP contribution in [0, 0.1) is 0 Å². The molecule has 0 bridgehead atoms. The molecule has 1 heterocycles. The van der Waals surface area contributed by atoms with Crippen molar-refractivity contribution >= 4 is 18.1 Å². The molecule has 1 aromatic heterocycles. The molecule has 0 aliphatic heterocycles. The van der Waals surface area contributed by atoms with Crippen LogP contribution in [0.4, 0.5) is 9.59 Å². The number of amides is 2. The molecular formula is C22H30N4O5. The van der Waals surface area contributed by atoms with Gasteiger partial charge in [0.1, 0.15) is 17.0 Å². The van der Waals surface area contributed by atoms with E-state index in [1.165, 1.54) is 15.8 Å². The van der Waals surface area contributed by atoms with Crippen LogP contribution in [-0.4, -0.2) is 51.1 Å². The Morgan fingerprint density at radius 1 is 1.03 bits per heavy atom. The highest BCUT2D eigenvalue weighted by atomic mass is 16.6. The molecule has 9 nitrogen and oxygen atoms in total. The lowest BCUT2D eigenvalue weighted by Gasteiger charge is -2.28. The highest BCUT2D eigenvalue weighted by molar-refractivity contribution is 5.99. The molecule has 0 aliphatic carbocycles. The van der Waals surface area contributed by atoms with Crippen LogP contribution in [0.1, 0.15) is 47.1 Å². The first-order valence-corrected chi connectivity index (χ1v) is 9.83. The fourth-order valence-corrected chi connectivity index (χ4v) is 2.44. The van der Waals surface area contributed by atoms with Gasteiger partial charge in [-0.1, -0.05) is 12.1 Å². The molecule has 0 atom stereocenters. The minimum absolute atomic E-state index is 0.0377. The average Bonchev–Trinajstić information content (AvgIpc) is 3.16. The molecular weight excluding hydrogens is 400 g/mol. The second kappa shape index (κ2) is 9.63. The molecule has 0 N–H and O–H groups in total. The SMILES string of the molecule is COc1ccc(CN(C(=O)OC(C)(C)C)C(=NC(=O)OC(C)(C)C)n2cccn2)cc1. The van der Waals surface area contributed by atoms with Crippen LogP contribution in [0.3, 0.4) is 0 Å². The van der Waals surface area contributed by atoms with Crippen molar-refractivity contribution in [2.75, 3.05) is 7.11 Å². The smallest absolute Gasteiger partial charge is 0.437 e. The molecule has 2 amide bonds. The minimum Gasteiger partial charge on any atom is -0.497 e. The first-order chi connectivity index (χ1) is 14.4. The Morgan fingerprint density at radius 2 is 1.65 bits per heavy atom. The van der Waals surface area contributed by atoms with E-state index >= 15 is 0 Å². The van der Waals surface area contributed by atoms with Crippen LogP contribution in [0.5, 0.6) is 5.75 Å². The van der Waals surface area contributed by atoms with Crippen molar-refractivity contribution in [2.24, 2.45) is 4.99 Å². The molecule has 0 fully saturated rings. The summed E-state index contributed by atoms with van der Waals surface area (Å²) in [5, 5.41) is 4.14. The molecule has 2 rings (SSSR count). The van der Waals surface area contributed by atoms with Gasteiger partial charge in [-0.3, -0.25) is 0 Å². The number of benzene rings is 1. The van der Waals surface area contributed by atoms with E-state index in [1.54, 1.807) is 73.0 Å². The summed E-state index contributed by atoms with van der Waals surface area (Å²) in [6.45, 7) is 10.6. The Labute approximate surface area is 182 Å². The largest absolute Gasteiger partial charge is 0.497 e. The summed E-state index contributed by atoms with van der Waals surface area (Å²) < 4.78 is 17.4. The van der Waals surface area contributed by atoms with Crippen molar-refractivity contribution in [1.82, 2.24) is 14.7 Å². The van der Waals surface area contributed by atoms with Crippen molar-refractivity contribution in [3.63, 3.8) is 0 Å². The van der Waals surface area contributed by atoms with Gasteiger partial charge in [-0.2, -0.15) is 5.10 Å². The number of carbonyl (C=O) groups excluding carboxylic acids is 2. The number of nitrogens with zero attached hydrogens (tertiary/aromatic N) is 4. The third kappa shape index (κ3) is 7.76. The molecule has 0 aliphatic rings. The summed E-state index contributed by atoms with van der Waals surface area (Å²) in [5.41, 5.74) is -0.727. The zero-order valence-electron chi connectivity index (χ0n) is 19.1. The molecule has 0 saturated carbocycles. The lowest BCUT2D eigenvalue weighted by Crippen LogP contribution is -2.44. The monoisotopic (exact) mass is 430 g/mol. The standard InChI is InChI=1S/C22H30N4O5/c1-21(2,3)30-19(27)24-18(26-14-8-13-23-26)25(20(28)31-22(4,5)6)15-16-9-11-17(29-7)12-10-16/h8-14H,15H2,1-7H3. The lowest BCUT2D eigenvalue weighted by atomic mass is 10.2. The zero-order valence-corrected chi connectivity index (χ0v) is 19.1. The van der Waals surface area contributed by atoms with E-state index in [9.17, 15) is 9.59 Å². The summed E-state index contributed by atoms with van der Waals surface area (Å²) in [7, 11) is 1.57. The molecule has 0 saturated heterocycles. The van der Waals surface area contributed by atoms with Gasteiger partial charge < -0.3 is 14.2 Å². The highest BCUT2D eigenvalue weighted by Crippen LogP contribution is 2.17. The van der Waals surface area contributed by atoms with E-state index in [0.717, 1.165) is 5.56 Å². The van der Waals surface area contributed by atoms with Gasteiger partial charge in [0.2, 0.25) is 5.96 Å². The van der Waals surface area contributed by atoms with Gasteiger partial charge in [0, 0.05) is 12.4 Å². The fraction of sp³-hybridized carbons (Fsp3) is 0.455. The third-order valence-electron chi connectivity index (χ3n) is 3.65. The Hall–Kier alpha value is -3.36. The predicted molar refractivity (Wildman–Crippen MR) is 116 cm³/mol. The maximum atomic E-state index is 13.1. The molecule has 1 aromatic carbocycles. The number of hydrogen-bond acceptors (Lipinski definition) is 6. The van der Waals surface area contributed by atoms with Gasteiger partial charge in [0.25, 0.3) is 0 Å². The Balaban J connectivity index is 2.48. The van der Waals surface area contributed by atoms with Gasteiger partial charge in [0.15, 0.2) is 0 Å². The summed E-state index contributed by atoms with van der Waals surface area (Å²) in [4.78, 5) is 30.8. The molecule has 2 aromatic rings. The van der Waals surface area contributed by atoms with E-state index in [1.807, 2.05) is 12.1 Å². The predicted octanol–water partition coefficient (Wildman–Crippen LogP) is 4.47. The third-order valence-corrected chi connectivity index (χ3v) is 3.65.